The second kappa shape index (κ2) is 6.91. The molecule has 1 aromatic carbocycles. The molecule has 6 nitrogen and oxygen atoms in total. The Morgan fingerprint density at radius 3 is 2.42 bits per heavy atom. The molecule has 1 aliphatic carbocycles. The van der Waals surface area contributed by atoms with E-state index in [0.29, 0.717) is 12.2 Å². The van der Waals surface area contributed by atoms with E-state index in [0.717, 1.165) is 0 Å². The average Bonchev–Trinajstić information content (AvgIpc) is 2.55. The highest BCUT2D eigenvalue weighted by atomic mass is 16.5. The molecule has 0 aliphatic heterocycles. The molecule has 3 atom stereocenters. The normalized spacial score (nSPS) is 26.2. The first-order valence-electron chi connectivity index (χ1n) is 8.05. The first-order chi connectivity index (χ1) is 11.3. The summed E-state index contributed by atoms with van der Waals surface area (Å²) in [6, 6.07) is 9.00. The fraction of sp³-hybridized carbons (Fsp3) is 0.556. The van der Waals surface area contributed by atoms with Gasteiger partial charge in [0.05, 0.1) is 6.10 Å². The molecule has 1 aliphatic rings. The van der Waals surface area contributed by atoms with Crippen molar-refractivity contribution in [1.29, 1.82) is 0 Å². The van der Waals surface area contributed by atoms with Crippen LogP contribution in [0.25, 0.3) is 0 Å². The van der Waals surface area contributed by atoms with Gasteiger partial charge in [0.1, 0.15) is 5.54 Å². The zero-order valence-corrected chi connectivity index (χ0v) is 14.5. The molecule has 1 fully saturated rings. The van der Waals surface area contributed by atoms with Gasteiger partial charge >= 0.3 is 5.97 Å². The van der Waals surface area contributed by atoms with E-state index < -0.39 is 28.9 Å². The molecule has 0 spiro atoms. The van der Waals surface area contributed by atoms with Gasteiger partial charge in [-0.15, -0.1) is 0 Å². The highest BCUT2D eigenvalue weighted by Gasteiger charge is 2.66. The van der Waals surface area contributed by atoms with Gasteiger partial charge in [0.15, 0.2) is 6.10 Å². The van der Waals surface area contributed by atoms with E-state index in [1.54, 1.807) is 38.1 Å². The van der Waals surface area contributed by atoms with Crippen molar-refractivity contribution < 1.29 is 24.2 Å². The number of methoxy groups -OCH3 is 1. The molecule has 2 N–H and O–H groups in total. The fourth-order valence-electron chi connectivity index (χ4n) is 3.34. The molecule has 0 aromatic heterocycles. The van der Waals surface area contributed by atoms with Gasteiger partial charge in [0.25, 0.3) is 5.91 Å². The summed E-state index contributed by atoms with van der Waals surface area (Å²) in [7, 11) is 1.43. The lowest BCUT2D eigenvalue weighted by Crippen LogP contribution is -2.76. The maximum absolute atomic E-state index is 12.7. The Labute approximate surface area is 142 Å². The van der Waals surface area contributed by atoms with E-state index in [1.807, 2.05) is 13.0 Å². The lowest BCUT2D eigenvalue weighted by molar-refractivity contribution is -0.196. The maximum atomic E-state index is 12.7. The molecule has 0 heterocycles. The van der Waals surface area contributed by atoms with Gasteiger partial charge in [-0.3, -0.25) is 4.79 Å². The van der Waals surface area contributed by atoms with Crippen LogP contribution in [0.4, 0.5) is 0 Å². The van der Waals surface area contributed by atoms with Gasteiger partial charge in [-0.2, -0.15) is 0 Å². The van der Waals surface area contributed by atoms with Gasteiger partial charge < -0.3 is 19.9 Å². The number of benzene rings is 1. The van der Waals surface area contributed by atoms with E-state index in [2.05, 4.69) is 5.32 Å². The number of amides is 1. The summed E-state index contributed by atoms with van der Waals surface area (Å²) in [4.78, 5) is 24.6. The standard InChI is InChI=1S/C18H25NO5/c1-5-24-13-11-18(16(21)22,17(13,2)3)19-15(20)14(23-4)12-9-7-6-8-10-12/h6-10,13-14H,5,11H2,1-4H3,(H,19,20)(H,21,22). The summed E-state index contributed by atoms with van der Waals surface area (Å²) >= 11 is 0. The van der Waals surface area contributed by atoms with Crippen LogP contribution in [0.1, 0.15) is 38.9 Å². The van der Waals surface area contributed by atoms with Crippen LogP contribution in [0.3, 0.4) is 0 Å². The number of aliphatic carboxylic acids is 1. The quantitative estimate of drug-likeness (QED) is 0.797. The molecule has 3 unspecified atom stereocenters. The highest BCUT2D eigenvalue weighted by Crippen LogP contribution is 2.51. The Bertz CT molecular complexity index is 601. The van der Waals surface area contributed by atoms with Crippen LogP contribution >= 0.6 is 0 Å². The number of nitrogens with one attached hydrogen (secondary N) is 1. The molecular weight excluding hydrogens is 310 g/mol. The number of carbonyl (C=O) groups is 2. The number of carboxylic acids is 1. The van der Waals surface area contributed by atoms with Crippen molar-refractivity contribution >= 4 is 11.9 Å². The van der Waals surface area contributed by atoms with Crippen molar-refractivity contribution in [2.45, 2.75) is 44.9 Å². The molecule has 24 heavy (non-hydrogen) atoms. The Morgan fingerprint density at radius 1 is 1.33 bits per heavy atom. The van der Waals surface area contributed by atoms with Crippen molar-refractivity contribution in [3.8, 4) is 0 Å². The summed E-state index contributed by atoms with van der Waals surface area (Å²) in [6.07, 6.45) is -0.832. The molecule has 132 valence electrons. The lowest BCUT2D eigenvalue weighted by atomic mass is 9.54. The number of hydrogen-bond acceptors (Lipinski definition) is 4. The van der Waals surface area contributed by atoms with E-state index >= 15 is 0 Å². The van der Waals surface area contributed by atoms with Crippen molar-refractivity contribution in [3.05, 3.63) is 35.9 Å². The minimum Gasteiger partial charge on any atom is -0.479 e. The molecule has 1 saturated carbocycles. The first-order valence-corrected chi connectivity index (χ1v) is 8.05. The Hall–Kier alpha value is -1.92. The molecular formula is C18H25NO5. The summed E-state index contributed by atoms with van der Waals surface area (Å²) < 4.78 is 10.9. The highest BCUT2D eigenvalue weighted by molar-refractivity contribution is 5.91. The van der Waals surface area contributed by atoms with Crippen molar-refractivity contribution in [3.63, 3.8) is 0 Å². The summed E-state index contributed by atoms with van der Waals surface area (Å²) in [6.45, 7) is 5.97. The van der Waals surface area contributed by atoms with Gasteiger partial charge in [-0.05, 0) is 12.5 Å². The topological polar surface area (TPSA) is 84.9 Å². The van der Waals surface area contributed by atoms with Crippen LogP contribution in [-0.2, 0) is 19.1 Å². The predicted octanol–water partition coefficient (Wildman–Crippen LogP) is 2.15. The predicted molar refractivity (Wildman–Crippen MR) is 88.5 cm³/mol. The zero-order chi connectivity index (χ0) is 18.0. The largest absolute Gasteiger partial charge is 0.479 e. The van der Waals surface area contributed by atoms with Gasteiger partial charge in [-0.25, -0.2) is 4.79 Å². The van der Waals surface area contributed by atoms with Crippen LogP contribution in [0, 0.1) is 5.41 Å². The number of carboxylic acid groups (broad SMARTS) is 1. The third-order valence-corrected chi connectivity index (χ3v) is 5.04. The minimum absolute atomic E-state index is 0.211. The van der Waals surface area contributed by atoms with Crippen LogP contribution in [-0.4, -0.2) is 42.3 Å². The third-order valence-electron chi connectivity index (χ3n) is 5.04. The summed E-state index contributed by atoms with van der Waals surface area (Å²) in [5.74, 6) is -1.52. The monoisotopic (exact) mass is 335 g/mol. The molecule has 0 saturated heterocycles. The number of hydrogen-bond donors (Lipinski definition) is 2. The van der Waals surface area contributed by atoms with Crippen molar-refractivity contribution in [2.75, 3.05) is 13.7 Å². The Balaban J connectivity index is 2.23. The SMILES string of the molecule is CCOC1CC(NC(=O)C(OC)c2ccccc2)(C(=O)O)C1(C)C. The number of ether oxygens (including phenoxy) is 2. The second-order valence-electron chi connectivity index (χ2n) is 6.60. The van der Waals surface area contributed by atoms with E-state index in [1.165, 1.54) is 7.11 Å². The third kappa shape index (κ3) is 2.91. The lowest BCUT2D eigenvalue weighted by Gasteiger charge is -2.58. The molecule has 1 amide bonds. The van der Waals surface area contributed by atoms with Crippen LogP contribution in [0.2, 0.25) is 0 Å². The summed E-state index contributed by atoms with van der Waals surface area (Å²) in [5, 5.41) is 12.5. The average molecular weight is 335 g/mol. The van der Waals surface area contributed by atoms with Crippen LogP contribution < -0.4 is 5.32 Å². The molecule has 0 radical (unpaired) electrons. The van der Waals surface area contributed by atoms with Crippen molar-refractivity contribution in [2.24, 2.45) is 5.41 Å². The van der Waals surface area contributed by atoms with Gasteiger partial charge in [-0.1, -0.05) is 44.2 Å². The first kappa shape index (κ1) is 18.4. The smallest absolute Gasteiger partial charge is 0.330 e. The van der Waals surface area contributed by atoms with E-state index in [4.69, 9.17) is 9.47 Å². The number of carbonyl (C=O) groups excluding carboxylic acids is 1. The van der Waals surface area contributed by atoms with Gasteiger partial charge in [0, 0.05) is 25.6 Å². The van der Waals surface area contributed by atoms with Crippen molar-refractivity contribution in [1.82, 2.24) is 5.32 Å². The molecule has 2 rings (SSSR count). The van der Waals surface area contributed by atoms with Crippen LogP contribution in [0.5, 0.6) is 0 Å². The summed E-state index contributed by atoms with van der Waals surface area (Å²) in [5.41, 5.74) is -1.41. The number of rotatable bonds is 7. The molecule has 1 aromatic rings. The molecule has 0 bridgehead atoms. The second-order valence-corrected chi connectivity index (χ2v) is 6.60. The van der Waals surface area contributed by atoms with Gasteiger partial charge in [0.2, 0.25) is 0 Å². The van der Waals surface area contributed by atoms with E-state index in [9.17, 15) is 14.7 Å². The van der Waals surface area contributed by atoms with E-state index in [-0.39, 0.29) is 12.5 Å². The maximum Gasteiger partial charge on any atom is 0.330 e. The Kier molecular flexibility index (Phi) is 5.30. The van der Waals surface area contributed by atoms with Crippen LogP contribution in [0.15, 0.2) is 30.3 Å². The Morgan fingerprint density at radius 2 is 1.96 bits per heavy atom. The zero-order valence-electron chi connectivity index (χ0n) is 14.5. The molecule has 6 heteroatoms. The minimum atomic E-state index is -1.37. The fourth-order valence-corrected chi connectivity index (χ4v) is 3.34.